The molecule has 3 heterocycles. The van der Waals surface area contributed by atoms with Crippen molar-refractivity contribution >= 4 is 11.9 Å². The molecule has 0 aliphatic carbocycles. The predicted octanol–water partition coefficient (Wildman–Crippen LogP) is 2.31. The molecule has 2 aromatic rings. The Morgan fingerprint density at radius 2 is 2.30 bits per heavy atom. The van der Waals surface area contributed by atoms with Crippen molar-refractivity contribution in [1.29, 1.82) is 0 Å². The van der Waals surface area contributed by atoms with Gasteiger partial charge in [0.1, 0.15) is 12.4 Å². The van der Waals surface area contributed by atoms with Crippen molar-refractivity contribution in [2.24, 2.45) is 0 Å². The maximum Gasteiger partial charge on any atom is 0.338 e. The minimum absolute atomic E-state index is 0.325. The lowest BCUT2D eigenvalue weighted by Gasteiger charge is -2.29. The third-order valence-electron chi connectivity index (χ3n) is 3.67. The Kier molecular flexibility index (Phi) is 4.36. The molecule has 7 nitrogen and oxygen atoms in total. The number of esters is 1. The van der Waals surface area contributed by atoms with Crippen molar-refractivity contribution in [2.75, 3.05) is 11.9 Å². The number of hydrogen-bond acceptors (Lipinski definition) is 6. The summed E-state index contributed by atoms with van der Waals surface area (Å²) in [7, 11) is 0. The molecule has 2 aromatic heterocycles. The molecule has 7 heteroatoms. The van der Waals surface area contributed by atoms with Gasteiger partial charge in [-0.3, -0.25) is 4.98 Å². The fraction of sp³-hybridized carbons (Fsp3) is 0.375. The van der Waals surface area contributed by atoms with E-state index in [9.17, 15) is 4.79 Å². The summed E-state index contributed by atoms with van der Waals surface area (Å²) in [4.78, 5) is 21.0. The molecule has 1 aliphatic rings. The van der Waals surface area contributed by atoms with Gasteiger partial charge in [0.15, 0.2) is 0 Å². The van der Waals surface area contributed by atoms with E-state index in [0.717, 1.165) is 24.1 Å². The third-order valence-corrected chi connectivity index (χ3v) is 3.67. The number of aromatic nitrogens is 4. The predicted molar refractivity (Wildman–Crippen MR) is 84.6 cm³/mol. The molecule has 0 amide bonds. The fourth-order valence-electron chi connectivity index (χ4n) is 2.75. The second-order valence-electron chi connectivity index (χ2n) is 5.20. The number of nitrogens with zero attached hydrogens (tertiary/aromatic N) is 4. The van der Waals surface area contributed by atoms with Gasteiger partial charge in [0.05, 0.1) is 12.2 Å². The van der Waals surface area contributed by atoms with Crippen molar-refractivity contribution in [3.63, 3.8) is 0 Å². The normalized spacial score (nSPS) is 16.7. The molecule has 1 aliphatic heterocycles. The van der Waals surface area contributed by atoms with Crippen LogP contribution in [0.5, 0.6) is 0 Å². The van der Waals surface area contributed by atoms with E-state index in [1.165, 1.54) is 6.33 Å². The molecule has 3 rings (SSSR count). The number of allylic oxidation sites excluding steroid dienone is 1. The number of pyridine rings is 1. The Balaban J connectivity index is 2.15. The van der Waals surface area contributed by atoms with Gasteiger partial charge in [0.2, 0.25) is 5.95 Å². The average molecular weight is 313 g/mol. The highest BCUT2D eigenvalue weighted by molar-refractivity contribution is 5.92. The molecule has 1 N–H and O–H groups in total. The Morgan fingerprint density at radius 1 is 1.43 bits per heavy atom. The van der Waals surface area contributed by atoms with E-state index in [2.05, 4.69) is 27.3 Å². The van der Waals surface area contributed by atoms with Crippen LogP contribution in [0.15, 0.2) is 42.1 Å². The first-order valence-electron chi connectivity index (χ1n) is 7.72. The quantitative estimate of drug-likeness (QED) is 0.853. The van der Waals surface area contributed by atoms with E-state index >= 15 is 0 Å². The maximum absolute atomic E-state index is 12.6. The number of nitrogens with one attached hydrogen (secondary N) is 1. The molecule has 0 fully saturated rings. The van der Waals surface area contributed by atoms with Gasteiger partial charge in [-0.25, -0.2) is 9.48 Å². The van der Waals surface area contributed by atoms with Crippen LogP contribution in [0.3, 0.4) is 0 Å². The van der Waals surface area contributed by atoms with Gasteiger partial charge in [0.25, 0.3) is 0 Å². The fourth-order valence-corrected chi connectivity index (χ4v) is 2.75. The Bertz CT molecular complexity index is 723. The number of carbonyl (C=O) groups is 1. The van der Waals surface area contributed by atoms with Crippen molar-refractivity contribution in [3.8, 4) is 0 Å². The average Bonchev–Trinajstić information content (AvgIpc) is 3.03. The SMILES string of the molecule is CCCC1=C(C(=O)OCC)[C@@H](c2cccnc2)n2ncnc2N1. The lowest BCUT2D eigenvalue weighted by molar-refractivity contribution is -0.139. The Hall–Kier alpha value is -2.70. The Labute approximate surface area is 134 Å². The van der Waals surface area contributed by atoms with E-state index in [1.54, 1.807) is 24.0 Å². The monoisotopic (exact) mass is 313 g/mol. The van der Waals surface area contributed by atoms with Crippen LogP contribution in [0.2, 0.25) is 0 Å². The van der Waals surface area contributed by atoms with Crippen LogP contribution in [0.25, 0.3) is 0 Å². The zero-order valence-electron chi connectivity index (χ0n) is 13.2. The summed E-state index contributed by atoms with van der Waals surface area (Å²) < 4.78 is 6.98. The number of rotatable bonds is 5. The smallest absolute Gasteiger partial charge is 0.338 e. The van der Waals surface area contributed by atoms with Crippen LogP contribution in [-0.2, 0) is 9.53 Å². The van der Waals surface area contributed by atoms with E-state index in [4.69, 9.17) is 4.74 Å². The number of anilines is 1. The first kappa shape index (κ1) is 15.2. The van der Waals surface area contributed by atoms with Crippen LogP contribution >= 0.6 is 0 Å². The second-order valence-corrected chi connectivity index (χ2v) is 5.20. The van der Waals surface area contributed by atoms with Gasteiger partial charge >= 0.3 is 5.97 Å². The molecule has 0 unspecified atom stereocenters. The highest BCUT2D eigenvalue weighted by atomic mass is 16.5. The molecule has 1 atom stereocenters. The van der Waals surface area contributed by atoms with Crippen LogP contribution in [-0.4, -0.2) is 32.3 Å². The highest BCUT2D eigenvalue weighted by Crippen LogP contribution is 2.36. The summed E-state index contributed by atoms with van der Waals surface area (Å²) in [6.45, 7) is 4.19. The van der Waals surface area contributed by atoms with E-state index in [-0.39, 0.29) is 12.0 Å². The van der Waals surface area contributed by atoms with Gasteiger partial charge in [-0.05, 0) is 25.0 Å². The lowest BCUT2D eigenvalue weighted by atomic mass is 9.95. The van der Waals surface area contributed by atoms with Gasteiger partial charge in [-0.1, -0.05) is 19.4 Å². The van der Waals surface area contributed by atoms with Gasteiger partial charge in [-0.15, -0.1) is 0 Å². The molecule has 0 saturated heterocycles. The summed E-state index contributed by atoms with van der Waals surface area (Å²) in [6, 6.07) is 3.39. The minimum Gasteiger partial charge on any atom is -0.463 e. The zero-order valence-corrected chi connectivity index (χ0v) is 13.2. The van der Waals surface area contributed by atoms with E-state index in [0.29, 0.717) is 18.1 Å². The highest BCUT2D eigenvalue weighted by Gasteiger charge is 2.35. The van der Waals surface area contributed by atoms with Crippen molar-refractivity contribution in [3.05, 3.63) is 47.7 Å². The standard InChI is InChI=1S/C16H19N5O2/c1-3-6-12-13(15(22)23-4-2)14(11-7-5-8-17-9-11)21-16(20-12)18-10-19-21/h5,7-10,14H,3-4,6H2,1-2H3,(H,18,19,20)/t14-/m1/s1. The van der Waals surface area contributed by atoms with Crippen molar-refractivity contribution in [1.82, 2.24) is 19.7 Å². The van der Waals surface area contributed by atoms with E-state index in [1.807, 2.05) is 12.1 Å². The summed E-state index contributed by atoms with van der Waals surface area (Å²) >= 11 is 0. The first-order chi connectivity index (χ1) is 11.3. The van der Waals surface area contributed by atoms with Crippen molar-refractivity contribution in [2.45, 2.75) is 32.7 Å². The van der Waals surface area contributed by atoms with Crippen molar-refractivity contribution < 1.29 is 9.53 Å². The summed E-state index contributed by atoms with van der Waals surface area (Å²) in [6.07, 6.45) is 6.55. The van der Waals surface area contributed by atoms with E-state index < -0.39 is 0 Å². The Morgan fingerprint density at radius 3 is 3.00 bits per heavy atom. The lowest BCUT2D eigenvalue weighted by Crippen LogP contribution is -2.30. The number of hydrogen-bond donors (Lipinski definition) is 1. The number of ether oxygens (including phenoxy) is 1. The molecule has 0 spiro atoms. The first-order valence-corrected chi connectivity index (χ1v) is 7.72. The summed E-state index contributed by atoms with van der Waals surface area (Å²) in [5, 5.41) is 7.49. The van der Waals surface area contributed by atoms with Gasteiger partial charge in [-0.2, -0.15) is 10.1 Å². The summed E-state index contributed by atoms with van der Waals surface area (Å²) in [5.74, 6) is 0.286. The number of carbonyl (C=O) groups excluding carboxylic acids is 1. The number of fused-ring (bicyclic) bond motifs is 1. The molecule has 0 radical (unpaired) electrons. The largest absolute Gasteiger partial charge is 0.463 e. The third kappa shape index (κ3) is 2.81. The van der Waals surface area contributed by atoms with Gasteiger partial charge in [0, 0.05) is 18.1 Å². The molecule has 0 aromatic carbocycles. The molecule has 23 heavy (non-hydrogen) atoms. The van der Waals surface area contributed by atoms with Crippen LogP contribution in [0.1, 0.15) is 38.3 Å². The zero-order chi connectivity index (χ0) is 16.2. The molecular weight excluding hydrogens is 294 g/mol. The minimum atomic E-state index is -0.386. The van der Waals surface area contributed by atoms with Crippen LogP contribution in [0, 0.1) is 0 Å². The maximum atomic E-state index is 12.6. The summed E-state index contributed by atoms with van der Waals surface area (Å²) in [5.41, 5.74) is 2.28. The topological polar surface area (TPSA) is 81.9 Å². The molecular formula is C16H19N5O2. The molecule has 0 saturated carbocycles. The van der Waals surface area contributed by atoms with Crippen LogP contribution < -0.4 is 5.32 Å². The second kappa shape index (κ2) is 6.60. The molecule has 0 bridgehead atoms. The van der Waals surface area contributed by atoms with Gasteiger partial charge < -0.3 is 10.1 Å². The molecule has 120 valence electrons. The van der Waals surface area contributed by atoms with Crippen LogP contribution in [0.4, 0.5) is 5.95 Å².